The molecule has 3 heteroatoms. The summed E-state index contributed by atoms with van der Waals surface area (Å²) < 4.78 is 0. The molecule has 1 fully saturated rings. The van der Waals surface area contributed by atoms with Crippen LogP contribution in [-0.2, 0) is 0 Å². The minimum absolute atomic E-state index is 0. The first-order valence-corrected chi connectivity index (χ1v) is 7.23. The second kappa shape index (κ2) is 7.07. The van der Waals surface area contributed by atoms with E-state index in [0.717, 1.165) is 25.2 Å². The second-order valence-corrected chi connectivity index (χ2v) is 5.45. The van der Waals surface area contributed by atoms with E-state index in [1.54, 1.807) is 0 Å². The number of piperidine rings is 1. The van der Waals surface area contributed by atoms with E-state index >= 15 is 0 Å². The maximum absolute atomic E-state index is 10.5. The molecule has 0 aliphatic carbocycles. The maximum Gasteiger partial charge on any atom is 0.0922 e. The fourth-order valence-electron chi connectivity index (χ4n) is 3.03. The lowest BCUT2D eigenvalue weighted by molar-refractivity contribution is 0.102. The van der Waals surface area contributed by atoms with Gasteiger partial charge in [0.25, 0.3) is 0 Å². The summed E-state index contributed by atoms with van der Waals surface area (Å²) >= 11 is 0. The molecule has 2 aromatic rings. The van der Waals surface area contributed by atoms with E-state index in [9.17, 15) is 5.11 Å². The highest BCUT2D eigenvalue weighted by molar-refractivity contribution is 5.86. The van der Waals surface area contributed by atoms with Crippen molar-refractivity contribution in [2.75, 3.05) is 19.6 Å². The number of fused-ring (bicyclic) bond motifs is 1. The lowest BCUT2D eigenvalue weighted by atomic mass is 9.99. The predicted molar refractivity (Wildman–Crippen MR) is 86.4 cm³/mol. The molecule has 0 bridgehead atoms. The molecule has 1 aliphatic heterocycles. The van der Waals surface area contributed by atoms with E-state index in [4.69, 9.17) is 0 Å². The first-order valence-electron chi connectivity index (χ1n) is 7.23. The van der Waals surface area contributed by atoms with Gasteiger partial charge in [0.05, 0.1) is 6.10 Å². The Labute approximate surface area is 126 Å². The van der Waals surface area contributed by atoms with Gasteiger partial charge in [-0.3, -0.25) is 0 Å². The smallest absolute Gasteiger partial charge is 0.0922 e. The molecule has 0 radical (unpaired) electrons. The van der Waals surface area contributed by atoms with Crippen LogP contribution in [0, 0.1) is 0 Å². The number of aliphatic hydroxyl groups is 1. The van der Waals surface area contributed by atoms with Gasteiger partial charge in [0.1, 0.15) is 0 Å². The number of nitrogens with zero attached hydrogens (tertiary/aromatic N) is 1. The van der Waals surface area contributed by atoms with Gasteiger partial charge < -0.3 is 10.0 Å². The summed E-state index contributed by atoms with van der Waals surface area (Å²) in [4.78, 5) is 2.38. The van der Waals surface area contributed by atoms with E-state index in [2.05, 4.69) is 29.2 Å². The Morgan fingerprint density at radius 2 is 1.65 bits per heavy atom. The van der Waals surface area contributed by atoms with Crippen molar-refractivity contribution in [3.63, 3.8) is 0 Å². The average molecular weight is 292 g/mol. The highest BCUT2D eigenvalue weighted by atomic mass is 35.5. The van der Waals surface area contributed by atoms with E-state index in [-0.39, 0.29) is 18.5 Å². The monoisotopic (exact) mass is 291 g/mol. The lowest BCUT2D eigenvalue weighted by Gasteiger charge is -2.28. The molecule has 2 nitrogen and oxygen atoms in total. The third-order valence-corrected chi connectivity index (χ3v) is 4.06. The van der Waals surface area contributed by atoms with Gasteiger partial charge in [0.2, 0.25) is 0 Å². The quantitative estimate of drug-likeness (QED) is 0.930. The Morgan fingerprint density at radius 1 is 0.950 bits per heavy atom. The Morgan fingerprint density at radius 3 is 2.45 bits per heavy atom. The number of halogens is 1. The summed E-state index contributed by atoms with van der Waals surface area (Å²) in [6.07, 6.45) is 3.48. The van der Waals surface area contributed by atoms with Crippen LogP contribution in [0.2, 0.25) is 0 Å². The molecule has 0 aromatic heterocycles. The first-order chi connectivity index (χ1) is 9.34. The van der Waals surface area contributed by atoms with Crippen LogP contribution in [0.1, 0.15) is 30.9 Å². The molecular weight excluding hydrogens is 270 g/mol. The van der Waals surface area contributed by atoms with Gasteiger partial charge in [0, 0.05) is 6.54 Å². The molecule has 1 atom stereocenters. The van der Waals surface area contributed by atoms with Gasteiger partial charge in [-0.2, -0.15) is 0 Å². The zero-order valence-corrected chi connectivity index (χ0v) is 12.5. The zero-order valence-electron chi connectivity index (χ0n) is 11.7. The van der Waals surface area contributed by atoms with Crippen molar-refractivity contribution in [1.29, 1.82) is 0 Å². The number of rotatable bonds is 3. The highest BCUT2D eigenvalue weighted by Gasteiger charge is 2.17. The Hall–Kier alpha value is -1.09. The van der Waals surface area contributed by atoms with E-state index < -0.39 is 0 Å². The molecule has 2 aromatic carbocycles. The van der Waals surface area contributed by atoms with Crippen molar-refractivity contribution in [2.24, 2.45) is 0 Å². The molecule has 0 saturated carbocycles. The van der Waals surface area contributed by atoms with Crippen LogP contribution in [0.25, 0.3) is 10.8 Å². The minimum atomic E-state index is -0.385. The van der Waals surface area contributed by atoms with Gasteiger partial charge >= 0.3 is 0 Å². The van der Waals surface area contributed by atoms with Crippen LogP contribution in [0.5, 0.6) is 0 Å². The summed E-state index contributed by atoms with van der Waals surface area (Å²) in [6, 6.07) is 14.5. The molecule has 0 amide bonds. The van der Waals surface area contributed by atoms with Crippen LogP contribution in [0.3, 0.4) is 0 Å². The van der Waals surface area contributed by atoms with Gasteiger partial charge in [-0.15, -0.1) is 12.4 Å². The largest absolute Gasteiger partial charge is 0.387 e. The van der Waals surface area contributed by atoms with Crippen LogP contribution >= 0.6 is 12.4 Å². The van der Waals surface area contributed by atoms with E-state index in [0.29, 0.717) is 0 Å². The molecule has 20 heavy (non-hydrogen) atoms. The number of likely N-dealkylation sites (tertiary alicyclic amines) is 1. The molecule has 108 valence electrons. The molecule has 1 unspecified atom stereocenters. The molecule has 1 N–H and O–H groups in total. The standard InChI is InChI=1S/C17H21NO.ClH/c19-17(13-18-11-4-1-5-12-18)16-10-6-8-14-7-2-3-9-15(14)16;/h2-3,6-10,17,19H,1,4-5,11-13H2;1H. The molecular formula is C17H22ClNO. The van der Waals surface area contributed by atoms with Crippen LogP contribution in [0.15, 0.2) is 42.5 Å². The van der Waals surface area contributed by atoms with Gasteiger partial charge in [-0.05, 0) is 42.3 Å². The summed E-state index contributed by atoms with van der Waals surface area (Å²) in [5, 5.41) is 12.9. The molecule has 1 aliphatic rings. The maximum atomic E-state index is 10.5. The highest BCUT2D eigenvalue weighted by Crippen LogP contribution is 2.25. The van der Waals surface area contributed by atoms with E-state index in [1.807, 2.05) is 18.2 Å². The Balaban J connectivity index is 0.00000147. The SMILES string of the molecule is Cl.OC(CN1CCCCC1)c1cccc2ccccc12. The van der Waals surface area contributed by atoms with Crippen LogP contribution in [-0.4, -0.2) is 29.6 Å². The van der Waals surface area contributed by atoms with Crippen molar-refractivity contribution in [3.05, 3.63) is 48.0 Å². The third kappa shape index (κ3) is 3.32. The van der Waals surface area contributed by atoms with Crippen molar-refractivity contribution in [1.82, 2.24) is 4.90 Å². The number of aliphatic hydroxyl groups excluding tert-OH is 1. The molecule has 3 rings (SSSR count). The fourth-order valence-corrected chi connectivity index (χ4v) is 3.03. The fraction of sp³-hybridized carbons (Fsp3) is 0.412. The van der Waals surface area contributed by atoms with Gasteiger partial charge in [0.15, 0.2) is 0 Å². The number of benzene rings is 2. The predicted octanol–water partition coefficient (Wildman–Crippen LogP) is 3.78. The molecule has 1 heterocycles. The zero-order chi connectivity index (χ0) is 13.1. The minimum Gasteiger partial charge on any atom is -0.387 e. The van der Waals surface area contributed by atoms with Crippen LogP contribution in [0.4, 0.5) is 0 Å². The Kier molecular flexibility index (Phi) is 5.41. The first kappa shape index (κ1) is 15.3. The van der Waals surface area contributed by atoms with Crippen LogP contribution < -0.4 is 0 Å². The third-order valence-electron chi connectivity index (χ3n) is 4.06. The molecule has 1 saturated heterocycles. The lowest BCUT2D eigenvalue weighted by Crippen LogP contribution is -2.33. The second-order valence-electron chi connectivity index (χ2n) is 5.45. The van der Waals surface area contributed by atoms with Gasteiger partial charge in [-0.1, -0.05) is 48.9 Å². The average Bonchev–Trinajstić information content (AvgIpc) is 2.47. The van der Waals surface area contributed by atoms with Crippen molar-refractivity contribution in [3.8, 4) is 0 Å². The van der Waals surface area contributed by atoms with Crippen molar-refractivity contribution < 1.29 is 5.11 Å². The Bertz CT molecular complexity index is 546. The summed E-state index contributed by atoms with van der Waals surface area (Å²) in [6.45, 7) is 3.01. The summed E-state index contributed by atoms with van der Waals surface area (Å²) in [5.74, 6) is 0. The summed E-state index contributed by atoms with van der Waals surface area (Å²) in [5.41, 5.74) is 1.06. The topological polar surface area (TPSA) is 23.5 Å². The molecule has 0 spiro atoms. The number of β-amino-alcohol motifs (C(OH)–C–C–N with tert-alkyl or cyclic N) is 1. The normalized spacial score (nSPS) is 17.6. The van der Waals surface area contributed by atoms with Crippen molar-refractivity contribution in [2.45, 2.75) is 25.4 Å². The number of hydrogen-bond donors (Lipinski definition) is 1. The number of hydrogen-bond acceptors (Lipinski definition) is 2. The van der Waals surface area contributed by atoms with Gasteiger partial charge in [-0.25, -0.2) is 0 Å². The summed E-state index contributed by atoms with van der Waals surface area (Å²) in [7, 11) is 0. The van der Waals surface area contributed by atoms with Crippen molar-refractivity contribution >= 4 is 23.2 Å². The van der Waals surface area contributed by atoms with E-state index in [1.165, 1.54) is 30.0 Å².